The lowest BCUT2D eigenvalue weighted by molar-refractivity contribution is -0.191. The summed E-state index contributed by atoms with van der Waals surface area (Å²) >= 11 is 6.53. The molecule has 3 aromatic rings. The van der Waals surface area contributed by atoms with Crippen LogP contribution in [0, 0.1) is 0 Å². The molecular formula is C26H28ClN3O4. The number of para-hydroxylation sites is 2. The van der Waals surface area contributed by atoms with Gasteiger partial charge in [0.2, 0.25) is 0 Å². The minimum atomic E-state index is -0.376. The van der Waals surface area contributed by atoms with Crippen molar-refractivity contribution in [3.8, 4) is 0 Å². The Bertz CT molecular complexity index is 1190. The molecule has 0 radical (unpaired) electrons. The quantitative estimate of drug-likeness (QED) is 0.506. The zero-order chi connectivity index (χ0) is 24.3. The van der Waals surface area contributed by atoms with E-state index in [1.54, 1.807) is 4.90 Å². The molecule has 0 unspecified atom stereocenters. The van der Waals surface area contributed by atoms with Gasteiger partial charge >= 0.3 is 12.2 Å². The topological polar surface area (TPSA) is 71.8 Å². The third-order valence-electron chi connectivity index (χ3n) is 6.64. The molecule has 0 bridgehead atoms. The number of anilines is 1. The maximum atomic E-state index is 12.5. The molecule has 1 spiro atoms. The van der Waals surface area contributed by atoms with E-state index in [0.29, 0.717) is 12.6 Å². The largest absolute Gasteiger partial charge is 0.441 e. The van der Waals surface area contributed by atoms with Crippen LogP contribution in [0.5, 0.6) is 0 Å². The number of rotatable bonds is 4. The molecule has 0 saturated carbocycles. The number of carbonyl (C=O) groups is 1. The zero-order valence-corrected chi connectivity index (χ0v) is 20.1. The van der Waals surface area contributed by atoms with E-state index in [-0.39, 0.29) is 17.8 Å². The van der Waals surface area contributed by atoms with E-state index in [1.165, 1.54) is 10.9 Å². The second-order valence-electron chi connectivity index (χ2n) is 9.12. The molecule has 3 heterocycles. The van der Waals surface area contributed by atoms with Crippen LogP contribution >= 0.6 is 11.6 Å². The van der Waals surface area contributed by atoms with E-state index in [2.05, 4.69) is 35.6 Å². The second kappa shape index (κ2) is 10.0. The Kier molecular flexibility index (Phi) is 7.08. The first-order chi connectivity index (χ1) is 16.4. The van der Waals surface area contributed by atoms with Crippen molar-refractivity contribution in [1.82, 2.24) is 9.47 Å². The molecule has 178 valence electrons. The summed E-state index contributed by atoms with van der Waals surface area (Å²) in [5.74, 6) is 0. The van der Waals surface area contributed by atoms with Crippen LogP contribution in [0.1, 0.15) is 38.3 Å². The second-order valence-corrected chi connectivity index (χ2v) is 9.53. The first-order valence-corrected chi connectivity index (χ1v) is 11.8. The summed E-state index contributed by atoms with van der Waals surface area (Å²) in [5.41, 5.74) is 2.95. The summed E-state index contributed by atoms with van der Waals surface area (Å²) < 4.78 is 8.19. The van der Waals surface area contributed by atoms with E-state index in [0.717, 1.165) is 48.7 Å². The van der Waals surface area contributed by atoms with Gasteiger partial charge in [-0.15, -0.1) is 0 Å². The maximum absolute atomic E-state index is 12.5. The normalized spacial score (nSPS) is 17.5. The fraction of sp³-hybridized carbons (Fsp3) is 0.385. The molecule has 2 aromatic carbocycles. The lowest BCUT2D eigenvalue weighted by Crippen LogP contribution is -2.46. The third-order valence-corrected chi connectivity index (χ3v) is 6.95. The maximum Gasteiger partial charge on any atom is 0.415 e. The van der Waals surface area contributed by atoms with Gasteiger partial charge in [0.25, 0.3) is 0 Å². The predicted octanol–water partition coefficient (Wildman–Crippen LogP) is 5.28. The number of carbonyl (C=O) groups excluding carboxylic acids is 3. The van der Waals surface area contributed by atoms with Gasteiger partial charge in [0, 0.05) is 55.8 Å². The number of aromatic nitrogens is 1. The molecule has 7 nitrogen and oxygen atoms in total. The Balaban J connectivity index is 0.000000868. The van der Waals surface area contributed by atoms with Crippen LogP contribution in [0.25, 0.3) is 10.9 Å². The molecule has 2 fully saturated rings. The summed E-state index contributed by atoms with van der Waals surface area (Å²) in [4.78, 5) is 33.0. The highest BCUT2D eigenvalue weighted by molar-refractivity contribution is 6.35. The van der Waals surface area contributed by atoms with Crippen molar-refractivity contribution in [1.29, 1.82) is 0 Å². The number of hydrogen-bond acceptors (Lipinski definition) is 5. The van der Waals surface area contributed by atoms with Crippen LogP contribution in [0.4, 0.5) is 10.5 Å². The van der Waals surface area contributed by atoms with Crippen molar-refractivity contribution >= 4 is 40.4 Å². The van der Waals surface area contributed by atoms with Gasteiger partial charge in [-0.25, -0.2) is 4.79 Å². The van der Waals surface area contributed by atoms with Crippen molar-refractivity contribution in [3.63, 3.8) is 0 Å². The van der Waals surface area contributed by atoms with E-state index in [9.17, 15) is 4.79 Å². The van der Waals surface area contributed by atoms with Crippen LogP contribution in [0.2, 0.25) is 5.02 Å². The van der Waals surface area contributed by atoms with Crippen LogP contribution < -0.4 is 4.90 Å². The average Bonchev–Trinajstić information content (AvgIpc) is 3.35. The van der Waals surface area contributed by atoms with Crippen LogP contribution in [-0.2, 0) is 20.9 Å². The number of nitrogens with zero attached hydrogens (tertiary/aromatic N) is 3. The van der Waals surface area contributed by atoms with Crippen LogP contribution in [0.3, 0.4) is 0 Å². The van der Waals surface area contributed by atoms with Gasteiger partial charge in [0.05, 0.1) is 17.1 Å². The van der Waals surface area contributed by atoms with Crippen LogP contribution in [-0.4, -0.2) is 46.9 Å². The molecular weight excluding hydrogens is 454 g/mol. The minimum absolute atomic E-state index is 0.228. The predicted molar refractivity (Wildman–Crippen MR) is 130 cm³/mol. The lowest BCUT2D eigenvalue weighted by atomic mass is 9.91. The van der Waals surface area contributed by atoms with Crippen molar-refractivity contribution in [2.45, 2.75) is 44.9 Å². The molecule has 0 aliphatic carbocycles. The molecule has 2 aliphatic heterocycles. The number of ether oxygens (including phenoxy) is 1. The SMILES string of the molecule is CC(C)n1cc(CN2CCC3(CC2)CN(c2ccccc2)C(=O)O3)c2cccc(Cl)c21.O=C=O. The molecule has 0 N–H and O–H groups in total. The van der Waals surface area contributed by atoms with E-state index < -0.39 is 0 Å². The molecule has 0 atom stereocenters. The summed E-state index contributed by atoms with van der Waals surface area (Å²) in [7, 11) is 0. The van der Waals surface area contributed by atoms with E-state index >= 15 is 0 Å². The van der Waals surface area contributed by atoms with E-state index in [4.69, 9.17) is 25.9 Å². The molecule has 34 heavy (non-hydrogen) atoms. The monoisotopic (exact) mass is 481 g/mol. The van der Waals surface area contributed by atoms with Crippen molar-refractivity contribution < 1.29 is 19.1 Å². The van der Waals surface area contributed by atoms with Gasteiger partial charge in [0.15, 0.2) is 0 Å². The van der Waals surface area contributed by atoms with Crippen molar-refractivity contribution in [2.24, 2.45) is 0 Å². The number of fused-ring (bicyclic) bond motifs is 1. The van der Waals surface area contributed by atoms with Gasteiger partial charge in [-0.3, -0.25) is 9.80 Å². The highest BCUT2D eigenvalue weighted by Gasteiger charge is 2.47. The Morgan fingerprint density at radius 3 is 2.38 bits per heavy atom. The van der Waals surface area contributed by atoms with Gasteiger partial charge in [-0.05, 0) is 37.6 Å². The van der Waals surface area contributed by atoms with Gasteiger partial charge < -0.3 is 9.30 Å². The molecule has 5 rings (SSSR count). The van der Waals surface area contributed by atoms with Gasteiger partial charge in [-0.2, -0.15) is 9.59 Å². The third kappa shape index (κ3) is 4.73. The van der Waals surface area contributed by atoms with E-state index in [1.807, 2.05) is 42.5 Å². The summed E-state index contributed by atoms with van der Waals surface area (Å²) in [6, 6.07) is 16.3. The fourth-order valence-electron chi connectivity index (χ4n) is 4.92. The fourth-order valence-corrected chi connectivity index (χ4v) is 5.19. The molecule has 1 amide bonds. The molecule has 8 heteroatoms. The molecule has 1 aromatic heterocycles. The summed E-state index contributed by atoms with van der Waals surface area (Å²) in [6.07, 6.45) is 3.98. The first-order valence-electron chi connectivity index (χ1n) is 11.4. The number of benzene rings is 2. The lowest BCUT2D eigenvalue weighted by Gasteiger charge is -2.37. The Hall–Kier alpha value is -3.12. The smallest absolute Gasteiger partial charge is 0.415 e. The number of halogens is 1. The highest BCUT2D eigenvalue weighted by Crippen LogP contribution is 2.37. The number of piperidine rings is 1. The number of hydrogen-bond donors (Lipinski definition) is 0. The molecule has 2 saturated heterocycles. The summed E-state index contributed by atoms with van der Waals surface area (Å²) in [5, 5.41) is 2.03. The van der Waals surface area contributed by atoms with Gasteiger partial charge in [-0.1, -0.05) is 41.9 Å². The highest BCUT2D eigenvalue weighted by atomic mass is 35.5. The first kappa shape index (κ1) is 24.0. The zero-order valence-electron chi connectivity index (χ0n) is 19.4. The Morgan fingerprint density at radius 2 is 1.74 bits per heavy atom. The Labute approximate surface area is 203 Å². The van der Waals surface area contributed by atoms with Crippen LogP contribution in [0.15, 0.2) is 54.7 Å². The number of amides is 1. The summed E-state index contributed by atoms with van der Waals surface area (Å²) in [6.45, 7) is 7.69. The number of likely N-dealkylation sites (tertiary alicyclic amines) is 1. The molecule has 2 aliphatic rings. The standard InChI is InChI=1S/C25H28ClN3O2.CO2/c1-18(2)28-16-19(21-9-6-10-22(26)23(21)28)15-27-13-11-25(12-14-27)17-29(24(30)31-25)20-7-4-3-5-8-20;2-1-3/h3-10,16,18H,11-15,17H2,1-2H3;. The van der Waals surface area contributed by atoms with Crippen molar-refractivity contribution in [3.05, 3.63) is 65.3 Å². The average molecular weight is 482 g/mol. The van der Waals surface area contributed by atoms with Crippen molar-refractivity contribution in [2.75, 3.05) is 24.5 Å². The minimum Gasteiger partial charge on any atom is -0.441 e. The Morgan fingerprint density at radius 1 is 1.06 bits per heavy atom. The van der Waals surface area contributed by atoms with Gasteiger partial charge in [0.1, 0.15) is 5.60 Å².